The lowest BCUT2D eigenvalue weighted by Gasteiger charge is -2.37. The van der Waals surface area contributed by atoms with Gasteiger partial charge in [-0.25, -0.2) is 0 Å². The number of aryl methyl sites for hydroxylation is 1. The molecule has 0 bridgehead atoms. The minimum absolute atomic E-state index is 0.0155. The van der Waals surface area contributed by atoms with Gasteiger partial charge in [0.1, 0.15) is 0 Å². The van der Waals surface area contributed by atoms with E-state index in [-0.39, 0.29) is 5.56 Å². The van der Waals surface area contributed by atoms with Gasteiger partial charge in [0.25, 0.3) is 5.56 Å². The molecule has 0 unspecified atom stereocenters. The van der Waals surface area contributed by atoms with Crippen molar-refractivity contribution in [2.75, 3.05) is 37.8 Å². The Hall–Kier alpha value is -2.39. The molecule has 4 rings (SSSR count). The molecule has 0 aliphatic carbocycles. The second-order valence-corrected chi connectivity index (χ2v) is 12.3. The van der Waals surface area contributed by atoms with Gasteiger partial charge in [-0.2, -0.15) is 9.39 Å². The third-order valence-electron chi connectivity index (χ3n) is 5.63. The summed E-state index contributed by atoms with van der Waals surface area (Å²) in [5.41, 5.74) is 2.72. The van der Waals surface area contributed by atoms with Crippen LogP contribution in [0.4, 0.5) is 5.69 Å². The van der Waals surface area contributed by atoms with E-state index in [9.17, 15) is 9.59 Å². The van der Waals surface area contributed by atoms with E-state index >= 15 is 0 Å². The summed E-state index contributed by atoms with van der Waals surface area (Å²) in [6.45, 7) is 4.75. The summed E-state index contributed by atoms with van der Waals surface area (Å²) in [5, 5.41) is 3.45. The number of amides is 1. The van der Waals surface area contributed by atoms with Gasteiger partial charge in [-0.1, -0.05) is 23.9 Å². The van der Waals surface area contributed by atoms with Crippen molar-refractivity contribution in [1.82, 2.24) is 13.8 Å². The molecule has 3 heterocycles. The maximum absolute atomic E-state index is 12.8. The number of nitrogens with zero attached hydrogens (tertiary/aromatic N) is 3. The van der Waals surface area contributed by atoms with Crippen LogP contribution in [0.2, 0.25) is 0 Å². The molecule has 1 amide bonds. The molecule has 0 radical (unpaired) electrons. The van der Waals surface area contributed by atoms with Gasteiger partial charge in [0.2, 0.25) is 6.41 Å². The fraction of sp³-hybridized carbons (Fsp3) is 0.304. The zero-order valence-electron chi connectivity index (χ0n) is 18.0. The third-order valence-corrected chi connectivity index (χ3v) is 8.40. The molecule has 0 spiro atoms. The van der Waals surface area contributed by atoms with Gasteiger partial charge in [-0.15, -0.1) is 11.3 Å². The van der Waals surface area contributed by atoms with E-state index in [2.05, 4.69) is 32.5 Å². The Labute approximate surface area is 187 Å². The number of nitrogens with one attached hydrogen (secondary N) is 1. The van der Waals surface area contributed by atoms with Crippen LogP contribution in [0.15, 0.2) is 41.3 Å². The Bertz CT molecular complexity index is 1280. The lowest BCUT2D eigenvalue weighted by molar-refractivity contribution is -0.105. The zero-order valence-corrected chi connectivity index (χ0v) is 19.6. The average molecular weight is 457 g/mol. The average Bonchev–Trinajstić information content (AvgIpc) is 3.15. The molecular formula is C23H28N4O2S2. The lowest BCUT2D eigenvalue weighted by Crippen LogP contribution is -2.43. The summed E-state index contributed by atoms with van der Waals surface area (Å²) < 4.78 is 5.02. The van der Waals surface area contributed by atoms with Gasteiger partial charge >= 0.3 is 0 Å². The minimum atomic E-state index is -1.16. The van der Waals surface area contributed by atoms with E-state index in [1.807, 2.05) is 36.5 Å². The van der Waals surface area contributed by atoms with Crippen LogP contribution in [0, 0.1) is 0 Å². The standard InChI is InChI=1S/C23H28N4O2S2/c1-25-15-21(17-6-5-7-18(12-17)24-16-28)22-20(23(25)29)13-19(30-22)14-26-8-10-27(11-9-26)31(2,3)4/h5-7,12-13,15-16H,2-3,8-11,14H2,1,4H3,(H,24,28). The first kappa shape index (κ1) is 21.8. The maximum Gasteiger partial charge on any atom is 0.259 e. The summed E-state index contributed by atoms with van der Waals surface area (Å²) in [6.07, 6.45) is 4.69. The first-order valence-corrected chi connectivity index (χ1v) is 13.3. The SMILES string of the molecule is C=S(=C)(C)N1CCN(Cc2cc3c(=O)n(C)cc(-c4cccc(NC=O)c4)c3s2)CC1. The summed E-state index contributed by atoms with van der Waals surface area (Å²) in [7, 11) is 0.625. The number of hydrogen-bond donors (Lipinski definition) is 1. The molecule has 3 aromatic rings. The van der Waals surface area contributed by atoms with Crippen molar-refractivity contribution in [3.63, 3.8) is 0 Å². The van der Waals surface area contributed by atoms with E-state index in [1.54, 1.807) is 23.0 Å². The number of piperazine rings is 1. The second-order valence-electron chi connectivity index (χ2n) is 8.18. The van der Waals surface area contributed by atoms with E-state index in [0.29, 0.717) is 6.41 Å². The minimum Gasteiger partial charge on any atom is -0.329 e. The number of fused-ring (bicyclic) bond motifs is 1. The van der Waals surface area contributed by atoms with Crippen LogP contribution in [-0.4, -0.2) is 64.4 Å². The van der Waals surface area contributed by atoms with E-state index < -0.39 is 9.39 Å². The molecule has 0 saturated carbocycles. The van der Waals surface area contributed by atoms with Gasteiger partial charge in [0, 0.05) is 66.8 Å². The summed E-state index contributed by atoms with van der Waals surface area (Å²) in [5.74, 6) is 8.45. The number of carbonyl (C=O) groups is 1. The second kappa shape index (κ2) is 8.63. The van der Waals surface area contributed by atoms with Crippen molar-refractivity contribution in [3.8, 4) is 11.1 Å². The molecule has 6 nitrogen and oxygen atoms in total. The smallest absolute Gasteiger partial charge is 0.259 e. The van der Waals surface area contributed by atoms with Gasteiger partial charge in [-0.3, -0.25) is 18.8 Å². The van der Waals surface area contributed by atoms with Crippen molar-refractivity contribution in [2.24, 2.45) is 7.05 Å². The van der Waals surface area contributed by atoms with Gasteiger partial charge < -0.3 is 9.88 Å². The van der Waals surface area contributed by atoms with Gasteiger partial charge in [0.05, 0.1) is 5.39 Å². The molecule has 1 fully saturated rings. The predicted molar refractivity (Wildman–Crippen MR) is 137 cm³/mol. The van der Waals surface area contributed by atoms with Gasteiger partial charge in [0.15, 0.2) is 0 Å². The molecule has 1 aromatic carbocycles. The van der Waals surface area contributed by atoms with Gasteiger partial charge in [-0.05, 0) is 30.0 Å². The fourth-order valence-corrected chi connectivity index (χ4v) is 6.25. The van der Waals surface area contributed by atoms with Crippen LogP contribution < -0.4 is 10.9 Å². The third kappa shape index (κ3) is 4.62. The van der Waals surface area contributed by atoms with Crippen molar-refractivity contribution >= 4 is 54.7 Å². The van der Waals surface area contributed by atoms with E-state index in [0.717, 1.165) is 59.6 Å². The molecule has 1 saturated heterocycles. The molecule has 8 heteroatoms. The fourth-order valence-electron chi connectivity index (χ4n) is 3.98. The molecule has 164 valence electrons. The number of hydrogen-bond acceptors (Lipinski definition) is 5. The highest BCUT2D eigenvalue weighted by atomic mass is 32.2. The molecule has 2 aromatic heterocycles. The largest absolute Gasteiger partial charge is 0.329 e. The Kier molecular flexibility index (Phi) is 6.07. The Morgan fingerprint density at radius 2 is 1.94 bits per heavy atom. The monoisotopic (exact) mass is 456 g/mol. The number of benzene rings is 1. The highest BCUT2D eigenvalue weighted by Gasteiger charge is 2.20. The quantitative estimate of drug-likeness (QED) is 0.457. The number of anilines is 1. The number of thiophene rings is 1. The number of pyridine rings is 1. The highest BCUT2D eigenvalue weighted by Crippen LogP contribution is 2.35. The van der Waals surface area contributed by atoms with E-state index in [1.165, 1.54) is 4.88 Å². The normalized spacial score (nSPS) is 15.9. The molecule has 0 atom stereocenters. The molecular weight excluding hydrogens is 428 g/mol. The summed E-state index contributed by atoms with van der Waals surface area (Å²) in [4.78, 5) is 27.3. The summed E-state index contributed by atoms with van der Waals surface area (Å²) >= 11 is 1.68. The van der Waals surface area contributed by atoms with Crippen LogP contribution in [-0.2, 0) is 18.4 Å². The highest BCUT2D eigenvalue weighted by molar-refractivity contribution is 8.25. The van der Waals surface area contributed by atoms with Crippen molar-refractivity contribution in [2.45, 2.75) is 6.54 Å². The van der Waals surface area contributed by atoms with Crippen LogP contribution in [0.1, 0.15) is 4.88 Å². The van der Waals surface area contributed by atoms with Crippen LogP contribution in [0.3, 0.4) is 0 Å². The molecule has 31 heavy (non-hydrogen) atoms. The Morgan fingerprint density at radius 1 is 1.19 bits per heavy atom. The Morgan fingerprint density at radius 3 is 2.61 bits per heavy atom. The van der Waals surface area contributed by atoms with Crippen LogP contribution >= 0.6 is 20.7 Å². The van der Waals surface area contributed by atoms with E-state index in [4.69, 9.17) is 0 Å². The topological polar surface area (TPSA) is 57.6 Å². The Balaban J connectivity index is 1.65. The molecule has 1 N–H and O–H groups in total. The summed E-state index contributed by atoms with van der Waals surface area (Å²) in [6, 6.07) is 9.74. The number of aromatic nitrogens is 1. The first-order chi connectivity index (χ1) is 14.8. The van der Waals surface area contributed by atoms with Crippen molar-refractivity contribution < 1.29 is 4.79 Å². The van der Waals surface area contributed by atoms with Crippen molar-refractivity contribution in [1.29, 1.82) is 0 Å². The molecule has 1 aliphatic rings. The molecule has 1 aliphatic heterocycles. The lowest BCUT2D eigenvalue weighted by atomic mass is 10.1. The first-order valence-electron chi connectivity index (χ1n) is 10.1. The van der Waals surface area contributed by atoms with Crippen LogP contribution in [0.5, 0.6) is 0 Å². The number of rotatable bonds is 6. The van der Waals surface area contributed by atoms with Crippen LogP contribution in [0.25, 0.3) is 21.2 Å². The van der Waals surface area contributed by atoms with Crippen molar-refractivity contribution in [3.05, 3.63) is 51.8 Å². The number of carbonyl (C=O) groups excluding carboxylic acids is 1. The zero-order chi connectivity index (χ0) is 22.2. The maximum atomic E-state index is 12.8. The predicted octanol–water partition coefficient (Wildman–Crippen LogP) is 3.17.